The average molecular weight is 281 g/mol. The molecule has 2 heterocycles. The van der Waals surface area contributed by atoms with Crippen LogP contribution in [-0.2, 0) is 0 Å². The Labute approximate surface area is 114 Å². The van der Waals surface area contributed by atoms with Crippen molar-refractivity contribution in [3.05, 3.63) is 36.5 Å². The third-order valence-electron chi connectivity index (χ3n) is 3.55. The first-order chi connectivity index (χ1) is 9.45. The summed E-state index contributed by atoms with van der Waals surface area (Å²) in [6.07, 6.45) is -2.44. The van der Waals surface area contributed by atoms with E-state index in [1.54, 1.807) is 17.7 Å². The van der Waals surface area contributed by atoms with Gasteiger partial charge in [-0.15, -0.1) is 0 Å². The summed E-state index contributed by atoms with van der Waals surface area (Å²) in [4.78, 5) is 4.29. The molecule has 0 saturated carbocycles. The zero-order valence-corrected chi connectivity index (χ0v) is 10.9. The smallest absolute Gasteiger partial charge is 0.344 e. The molecule has 6 heteroatoms. The van der Waals surface area contributed by atoms with E-state index in [2.05, 4.69) is 10.3 Å². The Morgan fingerprint density at radius 3 is 2.60 bits per heavy atom. The van der Waals surface area contributed by atoms with Crippen LogP contribution in [0.1, 0.15) is 19.4 Å². The van der Waals surface area contributed by atoms with Crippen molar-refractivity contribution < 1.29 is 13.2 Å². The van der Waals surface area contributed by atoms with Crippen molar-refractivity contribution in [3.8, 4) is 11.3 Å². The van der Waals surface area contributed by atoms with Crippen LogP contribution in [0.15, 0.2) is 36.5 Å². The lowest BCUT2D eigenvalue weighted by molar-refractivity contribution is -0.146. The van der Waals surface area contributed by atoms with E-state index in [0.717, 1.165) is 5.56 Å². The number of hydrogen-bond donors (Lipinski definition) is 1. The molecule has 1 N–H and O–H groups in total. The summed E-state index contributed by atoms with van der Waals surface area (Å²) in [6, 6.07) is 7.66. The summed E-state index contributed by atoms with van der Waals surface area (Å²) in [5.74, 6) is 0.282. The normalized spacial score (nSPS) is 22.2. The van der Waals surface area contributed by atoms with Crippen molar-refractivity contribution in [2.24, 2.45) is 0 Å². The highest BCUT2D eigenvalue weighted by molar-refractivity contribution is 5.61. The molecule has 0 saturated heterocycles. The number of hydrogen-bond acceptors (Lipinski definition) is 2. The van der Waals surface area contributed by atoms with Crippen molar-refractivity contribution in [3.63, 3.8) is 0 Å². The first-order valence-electron chi connectivity index (χ1n) is 6.42. The molecule has 106 valence electrons. The molecule has 1 aromatic heterocycles. The number of nitrogens with zero attached hydrogens (tertiary/aromatic N) is 2. The van der Waals surface area contributed by atoms with E-state index < -0.39 is 12.2 Å². The van der Waals surface area contributed by atoms with E-state index in [1.165, 1.54) is 0 Å². The lowest BCUT2D eigenvalue weighted by atomic mass is 10.1. The molecule has 0 spiro atoms. The van der Waals surface area contributed by atoms with Gasteiger partial charge in [0.1, 0.15) is 6.04 Å². The van der Waals surface area contributed by atoms with Gasteiger partial charge >= 0.3 is 6.18 Å². The number of aromatic nitrogens is 2. The maximum atomic E-state index is 12.8. The van der Waals surface area contributed by atoms with Crippen LogP contribution in [0.4, 0.5) is 19.1 Å². The number of alkyl halides is 3. The molecule has 1 aromatic carbocycles. The van der Waals surface area contributed by atoms with E-state index in [1.807, 2.05) is 30.3 Å². The fourth-order valence-corrected chi connectivity index (χ4v) is 2.47. The molecule has 2 unspecified atom stereocenters. The van der Waals surface area contributed by atoms with Gasteiger partial charge in [-0.3, -0.25) is 0 Å². The van der Waals surface area contributed by atoms with Gasteiger partial charge < -0.3 is 9.88 Å². The SMILES string of the molecule is CC1CC(C(F)(F)F)Nc2nc(-c3ccccc3)cn21. The molecule has 0 radical (unpaired) electrons. The predicted molar refractivity (Wildman–Crippen MR) is 70.5 cm³/mol. The molecule has 3 rings (SSSR count). The number of halogens is 3. The molecular weight excluding hydrogens is 267 g/mol. The third kappa shape index (κ3) is 2.26. The maximum Gasteiger partial charge on any atom is 0.408 e. The Hall–Kier alpha value is -1.98. The maximum absolute atomic E-state index is 12.8. The molecule has 20 heavy (non-hydrogen) atoms. The quantitative estimate of drug-likeness (QED) is 0.860. The van der Waals surface area contributed by atoms with Gasteiger partial charge in [0.15, 0.2) is 0 Å². The number of anilines is 1. The van der Waals surface area contributed by atoms with E-state index in [0.29, 0.717) is 5.69 Å². The second-order valence-electron chi connectivity index (χ2n) is 5.05. The number of benzene rings is 1. The minimum absolute atomic E-state index is 0.0150. The van der Waals surface area contributed by atoms with Gasteiger partial charge in [-0.25, -0.2) is 4.98 Å². The van der Waals surface area contributed by atoms with Crippen molar-refractivity contribution >= 4 is 5.95 Å². The highest BCUT2D eigenvalue weighted by Crippen LogP contribution is 2.36. The lowest BCUT2D eigenvalue weighted by Crippen LogP contribution is -2.41. The fraction of sp³-hybridized carbons (Fsp3) is 0.357. The number of imidazole rings is 1. The molecule has 0 fully saturated rings. The number of rotatable bonds is 1. The standard InChI is InChI=1S/C14H14F3N3/c1-9-7-12(14(15,16)17)19-13-18-11(8-20(9)13)10-5-3-2-4-6-10/h2-6,8-9,12H,7H2,1H3,(H,18,19). The fourth-order valence-electron chi connectivity index (χ4n) is 2.47. The second kappa shape index (κ2) is 4.54. The van der Waals surface area contributed by atoms with Gasteiger partial charge in [-0.1, -0.05) is 30.3 Å². The zero-order valence-electron chi connectivity index (χ0n) is 10.9. The van der Waals surface area contributed by atoms with Crippen LogP contribution >= 0.6 is 0 Å². The van der Waals surface area contributed by atoms with Gasteiger partial charge in [-0.05, 0) is 13.3 Å². The van der Waals surface area contributed by atoms with Crippen LogP contribution in [-0.4, -0.2) is 21.8 Å². The molecule has 0 aliphatic carbocycles. The molecule has 1 aliphatic rings. The summed E-state index contributed by atoms with van der Waals surface area (Å²) in [5, 5.41) is 2.48. The van der Waals surface area contributed by atoms with Crippen molar-refractivity contribution in [1.82, 2.24) is 9.55 Å². The van der Waals surface area contributed by atoms with E-state index in [4.69, 9.17) is 0 Å². The summed E-state index contributed by atoms with van der Waals surface area (Å²) in [6.45, 7) is 1.78. The first-order valence-corrected chi connectivity index (χ1v) is 6.42. The highest BCUT2D eigenvalue weighted by atomic mass is 19.4. The topological polar surface area (TPSA) is 29.9 Å². The molecule has 2 atom stereocenters. The van der Waals surface area contributed by atoms with Crippen molar-refractivity contribution in [1.29, 1.82) is 0 Å². The molecular formula is C14H14F3N3. The van der Waals surface area contributed by atoms with E-state index >= 15 is 0 Å². The minimum Gasteiger partial charge on any atom is -0.344 e. The number of nitrogens with one attached hydrogen (secondary N) is 1. The molecule has 3 nitrogen and oxygen atoms in total. The Kier molecular flexibility index (Phi) is 2.96. The third-order valence-corrected chi connectivity index (χ3v) is 3.55. The molecule has 0 amide bonds. The Morgan fingerprint density at radius 1 is 1.25 bits per heavy atom. The average Bonchev–Trinajstić information content (AvgIpc) is 2.83. The van der Waals surface area contributed by atoms with Crippen LogP contribution < -0.4 is 5.32 Å². The second-order valence-corrected chi connectivity index (χ2v) is 5.05. The van der Waals surface area contributed by atoms with Crippen molar-refractivity contribution in [2.45, 2.75) is 31.6 Å². The predicted octanol–water partition coefficient (Wildman–Crippen LogP) is 3.86. The van der Waals surface area contributed by atoms with Crippen molar-refractivity contribution in [2.75, 3.05) is 5.32 Å². The van der Waals surface area contributed by atoms with E-state index in [9.17, 15) is 13.2 Å². The molecule has 0 bridgehead atoms. The monoisotopic (exact) mass is 281 g/mol. The Balaban J connectivity index is 1.96. The number of fused-ring (bicyclic) bond motifs is 1. The minimum atomic E-state index is -4.25. The van der Waals surface area contributed by atoms with Gasteiger partial charge in [0.25, 0.3) is 0 Å². The largest absolute Gasteiger partial charge is 0.408 e. The molecule has 2 aromatic rings. The Morgan fingerprint density at radius 2 is 1.95 bits per heavy atom. The summed E-state index contributed by atoms with van der Waals surface area (Å²) in [7, 11) is 0. The van der Waals surface area contributed by atoms with Crippen LogP contribution in [0.2, 0.25) is 0 Å². The molecule has 1 aliphatic heterocycles. The summed E-state index contributed by atoms with van der Waals surface area (Å²) >= 11 is 0. The van der Waals surface area contributed by atoms with Gasteiger partial charge in [-0.2, -0.15) is 13.2 Å². The zero-order chi connectivity index (χ0) is 14.3. The van der Waals surface area contributed by atoms with Gasteiger partial charge in [0.2, 0.25) is 5.95 Å². The van der Waals surface area contributed by atoms with Crippen LogP contribution in [0.25, 0.3) is 11.3 Å². The van der Waals surface area contributed by atoms with Gasteiger partial charge in [0.05, 0.1) is 5.69 Å². The van der Waals surface area contributed by atoms with Crippen LogP contribution in [0.5, 0.6) is 0 Å². The summed E-state index contributed by atoms with van der Waals surface area (Å²) in [5.41, 5.74) is 1.58. The summed E-state index contributed by atoms with van der Waals surface area (Å²) < 4.78 is 40.3. The lowest BCUT2D eigenvalue weighted by Gasteiger charge is -2.31. The van der Waals surface area contributed by atoms with Crippen LogP contribution in [0.3, 0.4) is 0 Å². The highest BCUT2D eigenvalue weighted by Gasteiger charge is 2.43. The van der Waals surface area contributed by atoms with Gasteiger partial charge in [0, 0.05) is 17.8 Å². The van der Waals surface area contributed by atoms with Crippen LogP contribution in [0, 0.1) is 0 Å². The Bertz CT molecular complexity index is 604. The first kappa shape index (κ1) is 13.0. The van der Waals surface area contributed by atoms with E-state index in [-0.39, 0.29) is 18.4 Å².